The largest absolute Gasteiger partial charge is 0.350 e. The second-order valence-corrected chi connectivity index (χ2v) is 6.12. The highest BCUT2D eigenvalue weighted by atomic mass is 19.1. The van der Waals surface area contributed by atoms with Crippen LogP contribution in [0.5, 0.6) is 0 Å². The normalized spacial score (nSPS) is 11.0. The summed E-state index contributed by atoms with van der Waals surface area (Å²) >= 11 is 0. The molecule has 130 valence electrons. The van der Waals surface area contributed by atoms with Crippen molar-refractivity contribution in [3.63, 3.8) is 0 Å². The Morgan fingerprint density at radius 2 is 1.96 bits per heavy atom. The molecule has 0 fully saturated rings. The molecule has 0 aliphatic rings. The Kier molecular flexibility index (Phi) is 4.23. The molecule has 4 aromatic rings. The standard InChI is InChI=1S/C20H17FN4O/c21-17-2-1-3-18-16(17)10-19(24-18)20(26)23-11-14-4-6-15(7-5-14)12-25-9-8-22-13-25/h1-10,13,24H,11-12H2,(H,23,26). The van der Waals surface area contributed by atoms with Crippen molar-refractivity contribution in [2.45, 2.75) is 13.1 Å². The maximum Gasteiger partial charge on any atom is 0.267 e. The average molecular weight is 348 g/mol. The number of halogens is 1. The highest BCUT2D eigenvalue weighted by Gasteiger charge is 2.11. The molecule has 0 saturated carbocycles. The van der Waals surface area contributed by atoms with Crippen molar-refractivity contribution < 1.29 is 9.18 Å². The van der Waals surface area contributed by atoms with Gasteiger partial charge in [0, 0.05) is 36.4 Å². The number of carbonyl (C=O) groups is 1. The molecule has 0 bridgehead atoms. The van der Waals surface area contributed by atoms with Crippen molar-refractivity contribution >= 4 is 16.8 Å². The number of aromatic amines is 1. The molecule has 0 radical (unpaired) electrons. The number of amides is 1. The summed E-state index contributed by atoms with van der Waals surface area (Å²) in [7, 11) is 0. The topological polar surface area (TPSA) is 62.7 Å². The number of rotatable bonds is 5. The summed E-state index contributed by atoms with van der Waals surface area (Å²) < 4.78 is 15.7. The van der Waals surface area contributed by atoms with Gasteiger partial charge in [-0.1, -0.05) is 30.3 Å². The minimum Gasteiger partial charge on any atom is -0.350 e. The Balaban J connectivity index is 1.39. The predicted octanol–water partition coefficient (Wildman–Crippen LogP) is 3.48. The molecular formula is C20H17FN4O. The van der Waals surface area contributed by atoms with Gasteiger partial charge in [0.15, 0.2) is 0 Å². The molecule has 4 rings (SSSR count). The van der Waals surface area contributed by atoms with E-state index in [1.807, 2.05) is 35.0 Å². The highest BCUT2D eigenvalue weighted by molar-refractivity contribution is 5.98. The molecule has 1 amide bonds. The van der Waals surface area contributed by atoms with E-state index in [0.717, 1.165) is 17.7 Å². The lowest BCUT2D eigenvalue weighted by molar-refractivity contribution is 0.0947. The van der Waals surface area contributed by atoms with E-state index in [9.17, 15) is 9.18 Å². The summed E-state index contributed by atoms with van der Waals surface area (Å²) in [4.78, 5) is 19.3. The first kappa shape index (κ1) is 16.1. The Hall–Kier alpha value is -3.41. The van der Waals surface area contributed by atoms with Gasteiger partial charge in [0.1, 0.15) is 11.5 Å². The average Bonchev–Trinajstić information content (AvgIpc) is 3.31. The van der Waals surface area contributed by atoms with Crippen LogP contribution in [0, 0.1) is 5.82 Å². The molecule has 0 aliphatic heterocycles. The molecule has 0 atom stereocenters. The molecule has 0 aliphatic carbocycles. The first-order valence-electron chi connectivity index (χ1n) is 8.28. The summed E-state index contributed by atoms with van der Waals surface area (Å²) in [6.45, 7) is 1.16. The maximum atomic E-state index is 13.7. The zero-order valence-corrected chi connectivity index (χ0v) is 13.9. The number of nitrogens with one attached hydrogen (secondary N) is 2. The van der Waals surface area contributed by atoms with Crippen LogP contribution in [0.3, 0.4) is 0 Å². The Labute approximate surface area is 149 Å². The summed E-state index contributed by atoms with van der Waals surface area (Å²) in [6.07, 6.45) is 5.44. The zero-order chi connectivity index (χ0) is 17.9. The fourth-order valence-corrected chi connectivity index (χ4v) is 2.87. The molecule has 5 nitrogen and oxygen atoms in total. The first-order chi connectivity index (χ1) is 12.7. The summed E-state index contributed by atoms with van der Waals surface area (Å²) in [6, 6.07) is 14.3. The van der Waals surface area contributed by atoms with Crippen LogP contribution >= 0.6 is 0 Å². The van der Waals surface area contributed by atoms with E-state index >= 15 is 0 Å². The lowest BCUT2D eigenvalue weighted by atomic mass is 10.1. The van der Waals surface area contributed by atoms with Crippen LogP contribution in [0.1, 0.15) is 21.6 Å². The van der Waals surface area contributed by atoms with Gasteiger partial charge in [-0.15, -0.1) is 0 Å². The highest BCUT2D eigenvalue weighted by Crippen LogP contribution is 2.18. The van der Waals surface area contributed by atoms with Crippen LogP contribution in [0.4, 0.5) is 4.39 Å². The molecule has 6 heteroatoms. The number of hydrogen-bond acceptors (Lipinski definition) is 2. The van der Waals surface area contributed by atoms with Crippen molar-refractivity contribution in [2.75, 3.05) is 0 Å². The first-order valence-corrected chi connectivity index (χ1v) is 8.28. The fourth-order valence-electron chi connectivity index (χ4n) is 2.87. The number of carbonyl (C=O) groups excluding carboxylic acids is 1. The molecular weight excluding hydrogens is 331 g/mol. The SMILES string of the molecule is O=C(NCc1ccc(Cn2ccnc2)cc1)c1cc2c(F)cccc2[nH]1. The van der Waals surface area contributed by atoms with E-state index < -0.39 is 0 Å². The van der Waals surface area contributed by atoms with Crippen LogP contribution in [0.2, 0.25) is 0 Å². The van der Waals surface area contributed by atoms with Crippen LogP contribution in [0.25, 0.3) is 10.9 Å². The van der Waals surface area contributed by atoms with E-state index in [0.29, 0.717) is 23.1 Å². The van der Waals surface area contributed by atoms with Gasteiger partial charge in [-0.05, 0) is 29.3 Å². The molecule has 0 spiro atoms. The zero-order valence-electron chi connectivity index (χ0n) is 13.9. The third-order valence-electron chi connectivity index (χ3n) is 4.26. The van der Waals surface area contributed by atoms with Crippen molar-refractivity contribution in [1.29, 1.82) is 0 Å². The lowest BCUT2D eigenvalue weighted by Gasteiger charge is -2.06. The van der Waals surface area contributed by atoms with Gasteiger partial charge in [-0.3, -0.25) is 4.79 Å². The number of imidazole rings is 1. The molecule has 2 aromatic carbocycles. The van der Waals surface area contributed by atoms with Gasteiger partial charge in [0.05, 0.1) is 6.33 Å². The smallest absolute Gasteiger partial charge is 0.267 e. The van der Waals surface area contributed by atoms with Crippen molar-refractivity contribution in [3.8, 4) is 0 Å². The number of nitrogens with zero attached hydrogens (tertiary/aromatic N) is 2. The van der Waals surface area contributed by atoms with E-state index in [-0.39, 0.29) is 11.7 Å². The predicted molar refractivity (Wildman–Crippen MR) is 97.2 cm³/mol. The van der Waals surface area contributed by atoms with Crippen LogP contribution in [0.15, 0.2) is 67.3 Å². The van der Waals surface area contributed by atoms with Gasteiger partial charge < -0.3 is 14.9 Å². The van der Waals surface area contributed by atoms with E-state index in [2.05, 4.69) is 15.3 Å². The molecule has 2 N–H and O–H groups in total. The van der Waals surface area contributed by atoms with E-state index in [1.165, 1.54) is 12.1 Å². The lowest BCUT2D eigenvalue weighted by Crippen LogP contribution is -2.23. The number of hydrogen-bond donors (Lipinski definition) is 2. The Morgan fingerprint density at radius 3 is 2.69 bits per heavy atom. The molecule has 2 aromatic heterocycles. The summed E-state index contributed by atoms with van der Waals surface area (Å²) in [5.41, 5.74) is 3.11. The van der Waals surface area contributed by atoms with Crippen LogP contribution < -0.4 is 5.32 Å². The Bertz CT molecular complexity index is 1040. The number of aromatic nitrogens is 3. The van der Waals surface area contributed by atoms with Gasteiger partial charge >= 0.3 is 0 Å². The minimum absolute atomic E-state index is 0.261. The van der Waals surface area contributed by atoms with E-state index in [4.69, 9.17) is 0 Å². The number of H-pyrrole nitrogens is 1. The second-order valence-electron chi connectivity index (χ2n) is 6.12. The van der Waals surface area contributed by atoms with Crippen LogP contribution in [-0.2, 0) is 13.1 Å². The molecule has 0 saturated heterocycles. The molecule has 0 unspecified atom stereocenters. The maximum absolute atomic E-state index is 13.7. The number of benzene rings is 2. The third kappa shape index (κ3) is 3.35. The van der Waals surface area contributed by atoms with Crippen LogP contribution in [-0.4, -0.2) is 20.4 Å². The molecule has 2 heterocycles. The van der Waals surface area contributed by atoms with Crippen molar-refractivity contribution in [3.05, 3.63) is 89.9 Å². The minimum atomic E-state index is -0.341. The quantitative estimate of drug-likeness (QED) is 0.580. The van der Waals surface area contributed by atoms with Crippen molar-refractivity contribution in [2.24, 2.45) is 0 Å². The fraction of sp³-hybridized carbons (Fsp3) is 0.100. The van der Waals surface area contributed by atoms with Gasteiger partial charge in [0.25, 0.3) is 5.91 Å². The number of fused-ring (bicyclic) bond motifs is 1. The molecule has 26 heavy (non-hydrogen) atoms. The van der Waals surface area contributed by atoms with Gasteiger partial charge in [-0.25, -0.2) is 9.37 Å². The van der Waals surface area contributed by atoms with Crippen molar-refractivity contribution in [1.82, 2.24) is 19.9 Å². The Morgan fingerprint density at radius 1 is 1.15 bits per heavy atom. The summed E-state index contributed by atoms with van der Waals surface area (Å²) in [5, 5.41) is 3.27. The van der Waals surface area contributed by atoms with Gasteiger partial charge in [0.2, 0.25) is 0 Å². The van der Waals surface area contributed by atoms with Gasteiger partial charge in [-0.2, -0.15) is 0 Å². The third-order valence-corrected chi connectivity index (χ3v) is 4.26. The summed E-state index contributed by atoms with van der Waals surface area (Å²) in [5.74, 6) is -0.602. The second kappa shape index (κ2) is 6.84. The van der Waals surface area contributed by atoms with E-state index in [1.54, 1.807) is 24.7 Å². The monoisotopic (exact) mass is 348 g/mol.